The van der Waals surface area contributed by atoms with Crippen molar-refractivity contribution in [1.29, 1.82) is 5.26 Å². The molecule has 7 heteroatoms. The first kappa shape index (κ1) is 19.2. The topological polar surface area (TPSA) is 74.0 Å². The van der Waals surface area contributed by atoms with Crippen LogP contribution in [0.2, 0.25) is 10.0 Å². The van der Waals surface area contributed by atoms with Crippen molar-refractivity contribution in [1.82, 2.24) is 4.98 Å². The number of thioether (sulfide) groups is 1. The van der Waals surface area contributed by atoms with Gasteiger partial charge >= 0.3 is 5.97 Å². The van der Waals surface area contributed by atoms with Crippen molar-refractivity contribution < 1.29 is 9.90 Å². The van der Waals surface area contributed by atoms with Gasteiger partial charge in [0.2, 0.25) is 0 Å². The first-order chi connectivity index (χ1) is 13.0. The van der Waals surface area contributed by atoms with Crippen molar-refractivity contribution in [2.45, 2.75) is 5.03 Å². The number of benzene rings is 2. The average molecular weight is 415 g/mol. The van der Waals surface area contributed by atoms with Crippen LogP contribution in [0.1, 0.15) is 5.56 Å². The second-order valence-corrected chi connectivity index (χ2v) is 7.38. The van der Waals surface area contributed by atoms with Gasteiger partial charge in [-0.05, 0) is 35.9 Å². The van der Waals surface area contributed by atoms with Crippen molar-refractivity contribution in [3.8, 4) is 28.5 Å². The average Bonchev–Trinajstić information content (AvgIpc) is 2.66. The zero-order valence-electron chi connectivity index (χ0n) is 13.8. The molecule has 3 rings (SSSR count). The van der Waals surface area contributed by atoms with Crippen molar-refractivity contribution in [2.24, 2.45) is 0 Å². The molecule has 1 N–H and O–H groups in total. The van der Waals surface area contributed by atoms with E-state index in [9.17, 15) is 10.1 Å². The Kier molecular flexibility index (Phi) is 6.02. The van der Waals surface area contributed by atoms with Gasteiger partial charge in [-0.1, -0.05) is 59.2 Å². The molecule has 0 aliphatic heterocycles. The molecule has 3 aromatic rings. The zero-order valence-corrected chi connectivity index (χ0v) is 16.1. The molecule has 0 saturated heterocycles. The molecular formula is C20H12Cl2N2O2S. The molecule has 2 aromatic carbocycles. The largest absolute Gasteiger partial charge is 0.481 e. The van der Waals surface area contributed by atoms with Crippen LogP contribution in [0.15, 0.2) is 59.6 Å². The second kappa shape index (κ2) is 8.45. The van der Waals surface area contributed by atoms with Gasteiger partial charge in [-0.2, -0.15) is 5.26 Å². The number of carboxylic acids is 1. The van der Waals surface area contributed by atoms with Crippen LogP contribution in [0.4, 0.5) is 0 Å². The fourth-order valence-electron chi connectivity index (χ4n) is 2.49. The van der Waals surface area contributed by atoms with E-state index in [4.69, 9.17) is 28.3 Å². The molecule has 0 unspecified atom stereocenters. The molecule has 4 nitrogen and oxygen atoms in total. The number of hydrogen-bond donors (Lipinski definition) is 1. The third-order valence-corrected chi connectivity index (χ3v) is 5.19. The number of nitriles is 1. The van der Waals surface area contributed by atoms with Gasteiger partial charge in [-0.15, -0.1) is 0 Å². The van der Waals surface area contributed by atoms with E-state index in [0.29, 0.717) is 31.9 Å². The van der Waals surface area contributed by atoms with Crippen LogP contribution in [0.25, 0.3) is 22.4 Å². The number of pyridine rings is 1. The number of nitrogens with zero attached hydrogens (tertiary/aromatic N) is 2. The Morgan fingerprint density at radius 3 is 2.11 bits per heavy atom. The maximum absolute atomic E-state index is 11.0. The summed E-state index contributed by atoms with van der Waals surface area (Å²) in [5.41, 5.74) is 3.24. The summed E-state index contributed by atoms with van der Waals surface area (Å²) in [6.07, 6.45) is 0. The Balaban J connectivity index is 2.20. The molecule has 27 heavy (non-hydrogen) atoms. The van der Waals surface area contributed by atoms with Gasteiger partial charge < -0.3 is 5.11 Å². The Bertz CT molecular complexity index is 1030. The lowest BCUT2D eigenvalue weighted by atomic mass is 9.99. The zero-order chi connectivity index (χ0) is 19.4. The van der Waals surface area contributed by atoms with E-state index in [2.05, 4.69) is 11.1 Å². The van der Waals surface area contributed by atoms with Gasteiger partial charge in [-0.3, -0.25) is 4.79 Å². The maximum atomic E-state index is 11.0. The van der Waals surface area contributed by atoms with Crippen LogP contribution in [-0.4, -0.2) is 21.8 Å². The standard InChI is InChI=1S/C20H12Cl2N2O2S/c21-14-5-1-12(2-6-14)16-9-18(13-3-7-15(22)8-4-13)24-20(17(16)10-23)27-11-19(25)26/h1-9H,11H2,(H,25,26). The molecular weight excluding hydrogens is 403 g/mol. The predicted molar refractivity (Wildman–Crippen MR) is 108 cm³/mol. The Hall–Kier alpha value is -2.52. The highest BCUT2D eigenvalue weighted by atomic mass is 35.5. The minimum Gasteiger partial charge on any atom is -0.481 e. The molecule has 0 saturated carbocycles. The van der Waals surface area contributed by atoms with Gasteiger partial charge in [0, 0.05) is 21.2 Å². The predicted octanol–water partition coefficient (Wildman–Crippen LogP) is 5.77. The first-order valence-electron chi connectivity index (χ1n) is 7.79. The highest BCUT2D eigenvalue weighted by Crippen LogP contribution is 2.34. The molecule has 0 amide bonds. The molecule has 0 spiro atoms. The van der Waals surface area contributed by atoms with E-state index in [1.807, 2.05) is 30.3 Å². The minimum atomic E-state index is -0.976. The lowest BCUT2D eigenvalue weighted by molar-refractivity contribution is -0.133. The molecule has 0 atom stereocenters. The second-order valence-electron chi connectivity index (χ2n) is 5.54. The lowest BCUT2D eigenvalue weighted by Gasteiger charge is -2.12. The van der Waals surface area contributed by atoms with Crippen molar-refractivity contribution >= 4 is 40.9 Å². The summed E-state index contributed by atoms with van der Waals surface area (Å²) >= 11 is 12.9. The fraction of sp³-hybridized carbons (Fsp3) is 0.0500. The van der Waals surface area contributed by atoms with Crippen molar-refractivity contribution in [2.75, 3.05) is 5.75 Å². The number of halogens is 2. The SMILES string of the molecule is N#Cc1c(-c2ccc(Cl)cc2)cc(-c2ccc(Cl)cc2)nc1SCC(=O)O. The molecule has 1 heterocycles. The van der Waals surface area contributed by atoms with Crippen molar-refractivity contribution in [3.63, 3.8) is 0 Å². The highest BCUT2D eigenvalue weighted by Gasteiger charge is 2.17. The number of carbonyl (C=O) groups is 1. The van der Waals surface area contributed by atoms with Gasteiger partial charge in [0.25, 0.3) is 0 Å². The van der Waals surface area contributed by atoms with Crippen LogP contribution in [0.3, 0.4) is 0 Å². The summed E-state index contributed by atoms with van der Waals surface area (Å²) in [7, 11) is 0. The molecule has 1 aromatic heterocycles. The summed E-state index contributed by atoms with van der Waals surface area (Å²) in [5, 5.41) is 20.3. The Morgan fingerprint density at radius 2 is 1.59 bits per heavy atom. The highest BCUT2D eigenvalue weighted by molar-refractivity contribution is 7.99. The normalized spacial score (nSPS) is 10.4. The van der Waals surface area contributed by atoms with Gasteiger partial charge in [0.05, 0.1) is 17.0 Å². The van der Waals surface area contributed by atoms with Crippen LogP contribution >= 0.6 is 35.0 Å². The van der Waals surface area contributed by atoms with Gasteiger partial charge in [0.1, 0.15) is 11.1 Å². The summed E-state index contributed by atoms with van der Waals surface area (Å²) in [6.45, 7) is 0. The number of carboxylic acid groups (broad SMARTS) is 1. The van der Waals surface area contributed by atoms with E-state index >= 15 is 0 Å². The van der Waals surface area contributed by atoms with Crippen LogP contribution in [0.5, 0.6) is 0 Å². The molecule has 0 bridgehead atoms. The Morgan fingerprint density at radius 1 is 1.04 bits per heavy atom. The third-order valence-electron chi connectivity index (χ3n) is 3.73. The maximum Gasteiger partial charge on any atom is 0.313 e. The van der Waals surface area contributed by atoms with Crippen LogP contribution in [-0.2, 0) is 4.79 Å². The molecule has 0 aliphatic rings. The summed E-state index contributed by atoms with van der Waals surface area (Å²) in [6, 6.07) is 18.2. The quantitative estimate of drug-likeness (QED) is 0.536. The molecule has 0 aliphatic carbocycles. The smallest absolute Gasteiger partial charge is 0.313 e. The lowest BCUT2D eigenvalue weighted by Crippen LogP contribution is -2.01. The number of hydrogen-bond acceptors (Lipinski definition) is 4. The summed E-state index contributed by atoms with van der Waals surface area (Å²) in [4.78, 5) is 15.5. The molecule has 134 valence electrons. The fourth-order valence-corrected chi connectivity index (χ4v) is 3.46. The van der Waals surface area contributed by atoms with Gasteiger partial charge in [-0.25, -0.2) is 4.98 Å². The van der Waals surface area contributed by atoms with E-state index in [0.717, 1.165) is 22.9 Å². The number of rotatable bonds is 5. The van der Waals surface area contributed by atoms with E-state index in [1.54, 1.807) is 24.3 Å². The van der Waals surface area contributed by atoms with Crippen LogP contribution < -0.4 is 0 Å². The third kappa shape index (κ3) is 4.61. The Labute approximate surface area is 170 Å². The van der Waals surface area contributed by atoms with E-state index < -0.39 is 5.97 Å². The van der Waals surface area contributed by atoms with Crippen LogP contribution in [0, 0.1) is 11.3 Å². The minimum absolute atomic E-state index is 0.189. The number of aliphatic carboxylic acids is 1. The van der Waals surface area contributed by atoms with Crippen molar-refractivity contribution in [3.05, 3.63) is 70.2 Å². The van der Waals surface area contributed by atoms with E-state index in [1.165, 1.54) is 0 Å². The van der Waals surface area contributed by atoms with E-state index in [-0.39, 0.29) is 5.75 Å². The first-order valence-corrected chi connectivity index (χ1v) is 9.53. The molecule has 0 radical (unpaired) electrons. The molecule has 0 fully saturated rings. The van der Waals surface area contributed by atoms with Gasteiger partial charge in [0.15, 0.2) is 0 Å². The monoisotopic (exact) mass is 414 g/mol. The number of aromatic nitrogens is 1. The summed E-state index contributed by atoms with van der Waals surface area (Å²) in [5.74, 6) is -1.16. The summed E-state index contributed by atoms with van der Waals surface area (Å²) < 4.78 is 0.